The van der Waals surface area contributed by atoms with E-state index in [-0.39, 0.29) is 16.1 Å². The van der Waals surface area contributed by atoms with E-state index in [1.165, 1.54) is 24.3 Å². The number of aryl methyl sites for hydroxylation is 1. The lowest BCUT2D eigenvalue weighted by Gasteiger charge is -2.13. The molecule has 0 saturated heterocycles. The number of carboxylic acids is 1. The van der Waals surface area contributed by atoms with E-state index in [4.69, 9.17) is 0 Å². The second kappa shape index (κ2) is 7.06. The molecule has 0 atom stereocenters. The van der Waals surface area contributed by atoms with Crippen LogP contribution in [0.1, 0.15) is 10.4 Å². The van der Waals surface area contributed by atoms with Crippen molar-refractivity contribution in [2.75, 3.05) is 4.72 Å². The summed E-state index contributed by atoms with van der Waals surface area (Å²) >= 11 is 0. The van der Waals surface area contributed by atoms with Gasteiger partial charge in [0.25, 0.3) is 10.0 Å². The van der Waals surface area contributed by atoms with Crippen LogP contribution in [0.5, 0.6) is 0 Å². The van der Waals surface area contributed by atoms with Crippen LogP contribution in [-0.2, 0) is 17.1 Å². The minimum absolute atomic E-state index is 0.0000270. The molecule has 0 bridgehead atoms. The maximum absolute atomic E-state index is 12.9. The molecular formula is C21H17N3O4S. The summed E-state index contributed by atoms with van der Waals surface area (Å²) in [7, 11) is -2.20. The summed E-state index contributed by atoms with van der Waals surface area (Å²) in [5.41, 5.74) is 2.74. The van der Waals surface area contributed by atoms with E-state index in [0.29, 0.717) is 11.1 Å². The first-order chi connectivity index (χ1) is 13.8. The van der Waals surface area contributed by atoms with E-state index in [1.807, 2.05) is 37.4 Å². The fourth-order valence-corrected chi connectivity index (χ4v) is 4.20. The second-order valence-corrected chi connectivity index (χ2v) is 8.23. The Bertz CT molecular complexity index is 1330. The average molecular weight is 407 g/mol. The molecule has 2 N–H and O–H groups in total. The molecule has 4 aromatic rings. The molecule has 4 rings (SSSR count). The van der Waals surface area contributed by atoms with E-state index < -0.39 is 16.0 Å². The summed E-state index contributed by atoms with van der Waals surface area (Å²) in [6, 6.07) is 18.5. The number of hydrogen-bond donors (Lipinski definition) is 2. The summed E-state index contributed by atoms with van der Waals surface area (Å²) in [6.07, 6.45) is 1.60. The van der Waals surface area contributed by atoms with Gasteiger partial charge in [-0.3, -0.25) is 4.72 Å². The highest BCUT2D eigenvalue weighted by Gasteiger charge is 2.20. The maximum Gasteiger partial charge on any atom is 0.337 e. The highest BCUT2D eigenvalue weighted by atomic mass is 32.2. The normalized spacial score (nSPS) is 11.5. The van der Waals surface area contributed by atoms with Gasteiger partial charge in [-0.25, -0.2) is 18.2 Å². The summed E-state index contributed by atoms with van der Waals surface area (Å²) in [4.78, 5) is 15.8. The Balaban J connectivity index is 1.77. The Kier molecular flexibility index (Phi) is 4.56. The molecule has 0 spiro atoms. The van der Waals surface area contributed by atoms with E-state index in [1.54, 1.807) is 23.0 Å². The number of imidazole rings is 1. The van der Waals surface area contributed by atoms with Crippen LogP contribution in [-0.4, -0.2) is 29.0 Å². The first-order valence-electron chi connectivity index (χ1n) is 8.72. The lowest BCUT2D eigenvalue weighted by molar-refractivity contribution is 0.0698. The number of sulfonamides is 1. The highest BCUT2D eigenvalue weighted by Crippen LogP contribution is 2.28. The van der Waals surface area contributed by atoms with Crippen molar-refractivity contribution in [1.82, 2.24) is 9.55 Å². The number of carboxylic acid groups (broad SMARTS) is 1. The Hall–Kier alpha value is -3.65. The van der Waals surface area contributed by atoms with Crippen molar-refractivity contribution >= 4 is 32.7 Å². The number of anilines is 1. The van der Waals surface area contributed by atoms with Gasteiger partial charge in [-0.15, -0.1) is 0 Å². The molecule has 0 radical (unpaired) electrons. The van der Waals surface area contributed by atoms with Crippen molar-refractivity contribution in [2.45, 2.75) is 4.90 Å². The van der Waals surface area contributed by atoms with Gasteiger partial charge in [-0.1, -0.05) is 36.4 Å². The molecule has 0 aliphatic heterocycles. The van der Waals surface area contributed by atoms with Crippen molar-refractivity contribution in [2.24, 2.45) is 7.05 Å². The Morgan fingerprint density at radius 2 is 1.76 bits per heavy atom. The standard InChI is InChI=1S/C21H17N3O4S/c1-24-13-22-19-12-16(8-10-20(19)24)29(27,28)23-18-11-15(7-9-17(18)21(25)26)14-5-3-2-4-6-14/h2-13,23H,1H3,(H,25,26). The highest BCUT2D eigenvalue weighted by molar-refractivity contribution is 7.92. The number of fused-ring (bicyclic) bond motifs is 1. The molecule has 146 valence electrons. The van der Waals surface area contributed by atoms with Crippen LogP contribution in [0.2, 0.25) is 0 Å². The number of carbonyl (C=O) groups is 1. The van der Waals surface area contributed by atoms with E-state index >= 15 is 0 Å². The number of nitrogens with zero attached hydrogens (tertiary/aromatic N) is 2. The number of rotatable bonds is 5. The summed E-state index contributed by atoms with van der Waals surface area (Å²) in [5, 5.41) is 9.49. The molecule has 0 unspecified atom stereocenters. The Morgan fingerprint density at radius 3 is 2.48 bits per heavy atom. The van der Waals surface area contributed by atoms with Gasteiger partial charge in [0.2, 0.25) is 0 Å². The second-order valence-electron chi connectivity index (χ2n) is 6.54. The van der Waals surface area contributed by atoms with Crippen molar-refractivity contribution < 1.29 is 18.3 Å². The summed E-state index contributed by atoms with van der Waals surface area (Å²) in [6.45, 7) is 0. The van der Waals surface area contributed by atoms with Gasteiger partial charge in [-0.2, -0.15) is 0 Å². The topological polar surface area (TPSA) is 101 Å². The molecular weight excluding hydrogens is 390 g/mol. The van der Waals surface area contributed by atoms with Gasteiger partial charge in [0.15, 0.2) is 0 Å². The number of aromatic nitrogens is 2. The van der Waals surface area contributed by atoms with Crippen LogP contribution < -0.4 is 4.72 Å². The van der Waals surface area contributed by atoms with Gasteiger partial charge in [0, 0.05) is 7.05 Å². The largest absolute Gasteiger partial charge is 0.478 e. The third kappa shape index (κ3) is 3.57. The van der Waals surface area contributed by atoms with Crippen LogP contribution in [0.4, 0.5) is 5.69 Å². The van der Waals surface area contributed by atoms with Crippen LogP contribution >= 0.6 is 0 Å². The molecule has 1 aromatic heterocycles. The number of aromatic carboxylic acids is 1. The van der Waals surface area contributed by atoms with Crippen LogP contribution in [0.25, 0.3) is 22.2 Å². The molecule has 0 fully saturated rings. The molecule has 7 nitrogen and oxygen atoms in total. The number of hydrogen-bond acceptors (Lipinski definition) is 4. The molecule has 0 aliphatic carbocycles. The zero-order chi connectivity index (χ0) is 20.6. The molecule has 0 saturated carbocycles. The van der Waals surface area contributed by atoms with Gasteiger partial charge < -0.3 is 9.67 Å². The van der Waals surface area contributed by atoms with Gasteiger partial charge >= 0.3 is 5.97 Å². The first kappa shape index (κ1) is 18.7. The van der Waals surface area contributed by atoms with Crippen molar-refractivity contribution in [3.05, 3.63) is 78.6 Å². The molecule has 8 heteroatoms. The minimum Gasteiger partial charge on any atom is -0.478 e. The fourth-order valence-electron chi connectivity index (χ4n) is 3.11. The number of nitrogens with one attached hydrogen (secondary N) is 1. The monoisotopic (exact) mass is 407 g/mol. The number of benzene rings is 3. The summed E-state index contributed by atoms with van der Waals surface area (Å²) < 4.78 is 30.1. The van der Waals surface area contributed by atoms with Crippen LogP contribution in [0, 0.1) is 0 Å². The van der Waals surface area contributed by atoms with Gasteiger partial charge in [0.05, 0.1) is 33.5 Å². The minimum atomic E-state index is -4.01. The third-order valence-electron chi connectivity index (χ3n) is 4.61. The predicted octanol–water partition coefficient (Wildman–Crippen LogP) is 3.74. The predicted molar refractivity (Wildman–Crippen MR) is 110 cm³/mol. The lowest BCUT2D eigenvalue weighted by atomic mass is 10.0. The third-order valence-corrected chi connectivity index (χ3v) is 5.97. The van der Waals surface area contributed by atoms with Crippen LogP contribution in [0.15, 0.2) is 78.0 Å². The Labute approximate surface area is 167 Å². The molecule has 1 heterocycles. The van der Waals surface area contributed by atoms with Crippen molar-refractivity contribution in [3.8, 4) is 11.1 Å². The quantitative estimate of drug-likeness (QED) is 0.525. The molecule has 0 aliphatic rings. The lowest BCUT2D eigenvalue weighted by Crippen LogP contribution is -2.15. The zero-order valence-electron chi connectivity index (χ0n) is 15.4. The molecule has 0 amide bonds. The van der Waals surface area contributed by atoms with E-state index in [9.17, 15) is 18.3 Å². The Morgan fingerprint density at radius 1 is 1.00 bits per heavy atom. The molecule has 29 heavy (non-hydrogen) atoms. The molecule has 3 aromatic carbocycles. The van der Waals surface area contributed by atoms with Crippen LogP contribution in [0.3, 0.4) is 0 Å². The van der Waals surface area contributed by atoms with Crippen molar-refractivity contribution in [3.63, 3.8) is 0 Å². The average Bonchev–Trinajstić information content (AvgIpc) is 3.08. The summed E-state index contributed by atoms with van der Waals surface area (Å²) in [5.74, 6) is -1.22. The first-order valence-corrected chi connectivity index (χ1v) is 10.2. The zero-order valence-corrected chi connectivity index (χ0v) is 16.2. The smallest absolute Gasteiger partial charge is 0.337 e. The van der Waals surface area contributed by atoms with Gasteiger partial charge in [0.1, 0.15) is 0 Å². The van der Waals surface area contributed by atoms with E-state index in [0.717, 1.165) is 11.1 Å². The fraction of sp³-hybridized carbons (Fsp3) is 0.0476. The maximum atomic E-state index is 12.9. The van der Waals surface area contributed by atoms with Gasteiger partial charge in [-0.05, 0) is 41.5 Å². The van der Waals surface area contributed by atoms with E-state index in [2.05, 4.69) is 9.71 Å². The van der Waals surface area contributed by atoms with Crippen molar-refractivity contribution in [1.29, 1.82) is 0 Å². The SMILES string of the molecule is Cn1cnc2cc(S(=O)(=O)Nc3cc(-c4ccccc4)ccc3C(=O)O)ccc21.